The molecule has 2 aliphatic carbocycles. The summed E-state index contributed by atoms with van der Waals surface area (Å²) in [6.07, 6.45) is 8.16. The molecule has 1 aromatic carbocycles. The zero-order valence-corrected chi connectivity index (χ0v) is 15.5. The first-order valence-electron chi connectivity index (χ1n) is 9.66. The van der Waals surface area contributed by atoms with Crippen molar-refractivity contribution in [2.75, 3.05) is 6.61 Å². The van der Waals surface area contributed by atoms with Gasteiger partial charge in [-0.2, -0.15) is 0 Å². The minimum atomic E-state index is -0.556. The van der Waals surface area contributed by atoms with Gasteiger partial charge in [0.15, 0.2) is 12.3 Å². The molecule has 1 N–H and O–H groups in total. The van der Waals surface area contributed by atoms with Gasteiger partial charge in [-0.05, 0) is 56.1 Å². The fourth-order valence-electron chi connectivity index (χ4n) is 4.75. The quantitative estimate of drug-likeness (QED) is 0.797. The second-order valence-electron chi connectivity index (χ2n) is 7.76. The van der Waals surface area contributed by atoms with E-state index in [-0.39, 0.29) is 18.6 Å². The smallest absolute Gasteiger partial charge is 0.357 e. The Morgan fingerprint density at radius 1 is 1.26 bits per heavy atom. The molecule has 2 bridgehead atoms. The van der Waals surface area contributed by atoms with Gasteiger partial charge in [0, 0.05) is 11.7 Å². The molecule has 27 heavy (non-hydrogen) atoms. The van der Waals surface area contributed by atoms with Crippen molar-refractivity contribution in [3.8, 4) is 5.69 Å². The first kappa shape index (κ1) is 17.8. The zero-order valence-electron chi connectivity index (χ0n) is 15.5. The minimum absolute atomic E-state index is 0.126. The normalized spacial score (nSPS) is 24.6. The topological polar surface area (TPSA) is 73.2 Å². The van der Waals surface area contributed by atoms with Crippen LogP contribution >= 0.6 is 0 Å². The lowest BCUT2D eigenvalue weighted by atomic mass is 9.84. The Morgan fingerprint density at radius 3 is 2.78 bits per heavy atom. The van der Waals surface area contributed by atoms with E-state index in [0.717, 1.165) is 17.5 Å². The van der Waals surface area contributed by atoms with Crippen molar-refractivity contribution in [1.82, 2.24) is 14.9 Å². The Labute approximate surface area is 158 Å². The van der Waals surface area contributed by atoms with Crippen molar-refractivity contribution in [3.05, 3.63) is 48.5 Å². The largest absolute Gasteiger partial charge is 0.451 e. The Hall–Kier alpha value is -2.63. The van der Waals surface area contributed by atoms with Crippen LogP contribution in [0.1, 0.15) is 43.1 Å². The molecule has 0 spiro atoms. The molecule has 4 atom stereocenters. The summed E-state index contributed by atoms with van der Waals surface area (Å²) < 4.78 is 6.87. The van der Waals surface area contributed by atoms with Crippen LogP contribution in [-0.4, -0.2) is 34.1 Å². The summed E-state index contributed by atoms with van der Waals surface area (Å²) in [5, 5.41) is 3.02. The maximum atomic E-state index is 12.4. The van der Waals surface area contributed by atoms with Gasteiger partial charge >= 0.3 is 5.97 Å². The van der Waals surface area contributed by atoms with Crippen LogP contribution in [0.4, 0.5) is 0 Å². The molecule has 0 radical (unpaired) electrons. The molecule has 1 aromatic heterocycles. The van der Waals surface area contributed by atoms with Crippen LogP contribution in [0, 0.1) is 17.8 Å². The average molecular weight is 367 g/mol. The first-order chi connectivity index (χ1) is 13.1. The molecule has 0 saturated heterocycles. The van der Waals surface area contributed by atoms with Crippen LogP contribution in [0.25, 0.3) is 5.69 Å². The van der Waals surface area contributed by atoms with Crippen LogP contribution in [0.5, 0.6) is 0 Å². The number of nitrogens with zero attached hydrogens (tertiary/aromatic N) is 2. The van der Waals surface area contributed by atoms with Crippen molar-refractivity contribution in [2.24, 2.45) is 17.8 Å². The van der Waals surface area contributed by atoms with E-state index in [1.165, 1.54) is 31.9 Å². The number of hydrogen-bond acceptors (Lipinski definition) is 4. The van der Waals surface area contributed by atoms with Crippen LogP contribution in [-0.2, 0) is 9.53 Å². The molecule has 1 amide bonds. The molecule has 2 saturated carbocycles. The van der Waals surface area contributed by atoms with E-state index in [0.29, 0.717) is 11.6 Å². The lowest BCUT2D eigenvalue weighted by Crippen LogP contribution is -2.42. The van der Waals surface area contributed by atoms with Gasteiger partial charge in [-0.15, -0.1) is 0 Å². The molecular weight excluding hydrogens is 342 g/mol. The summed E-state index contributed by atoms with van der Waals surface area (Å²) in [4.78, 5) is 28.7. The second kappa shape index (κ2) is 7.55. The number of hydrogen-bond donors (Lipinski definition) is 1. The van der Waals surface area contributed by atoms with E-state index in [1.807, 2.05) is 30.3 Å². The predicted molar refractivity (Wildman–Crippen MR) is 100 cm³/mol. The number of carbonyl (C=O) groups is 2. The van der Waals surface area contributed by atoms with Gasteiger partial charge in [0.2, 0.25) is 0 Å². The van der Waals surface area contributed by atoms with Gasteiger partial charge < -0.3 is 10.1 Å². The van der Waals surface area contributed by atoms with Gasteiger partial charge in [-0.1, -0.05) is 24.6 Å². The number of nitrogens with one attached hydrogen (secondary N) is 1. The number of esters is 1. The van der Waals surface area contributed by atoms with E-state index < -0.39 is 5.97 Å². The van der Waals surface area contributed by atoms with Crippen molar-refractivity contribution in [1.29, 1.82) is 0 Å². The fraction of sp³-hybridized carbons (Fsp3) is 0.476. The minimum Gasteiger partial charge on any atom is -0.451 e. The summed E-state index contributed by atoms with van der Waals surface area (Å²) in [5.74, 6) is 1.34. The van der Waals surface area contributed by atoms with E-state index in [2.05, 4.69) is 17.2 Å². The summed E-state index contributed by atoms with van der Waals surface area (Å²) >= 11 is 0. The highest BCUT2D eigenvalue weighted by molar-refractivity contribution is 5.90. The third-order valence-corrected chi connectivity index (χ3v) is 6.04. The molecule has 6 heteroatoms. The lowest BCUT2D eigenvalue weighted by molar-refractivity contribution is -0.125. The number of imidazole rings is 1. The molecule has 2 fully saturated rings. The fourth-order valence-corrected chi connectivity index (χ4v) is 4.75. The lowest BCUT2D eigenvalue weighted by Gasteiger charge is -2.28. The third kappa shape index (κ3) is 3.75. The molecule has 4 rings (SSSR count). The molecule has 2 aromatic rings. The molecular formula is C21H25N3O3. The van der Waals surface area contributed by atoms with Crippen molar-refractivity contribution < 1.29 is 14.3 Å². The molecule has 142 valence electrons. The number of benzene rings is 1. The Balaban J connectivity index is 1.31. The molecule has 0 aliphatic heterocycles. The summed E-state index contributed by atoms with van der Waals surface area (Å²) in [7, 11) is 0. The van der Waals surface area contributed by atoms with Crippen molar-refractivity contribution in [2.45, 2.75) is 38.6 Å². The highest BCUT2D eigenvalue weighted by Crippen LogP contribution is 2.49. The standard InChI is InChI=1S/C21H25N3O3/c1-14(18-10-15-7-8-16(18)9-15)23-20(25)12-27-21(26)19-11-22-13-24(19)17-5-3-2-4-6-17/h2-6,11,13-16,18H,7-10,12H2,1H3,(H,23,25)/t14-,15+,16+,18-/m1/s1. The molecule has 0 unspecified atom stereocenters. The number of fused-ring (bicyclic) bond motifs is 2. The van der Waals surface area contributed by atoms with Crippen LogP contribution < -0.4 is 5.32 Å². The van der Waals surface area contributed by atoms with Gasteiger partial charge in [0.05, 0.1) is 12.5 Å². The zero-order chi connectivity index (χ0) is 18.8. The van der Waals surface area contributed by atoms with Crippen LogP contribution in [0.3, 0.4) is 0 Å². The molecule has 2 aliphatic rings. The summed E-state index contributed by atoms with van der Waals surface area (Å²) in [5.41, 5.74) is 1.12. The Kier molecular flexibility index (Phi) is 4.97. The van der Waals surface area contributed by atoms with Gasteiger partial charge in [0.1, 0.15) is 0 Å². The Bertz CT molecular complexity index is 817. The number of amides is 1. The van der Waals surface area contributed by atoms with Crippen LogP contribution in [0.15, 0.2) is 42.9 Å². The SMILES string of the molecule is C[C@@H](NC(=O)COC(=O)c1cncn1-c1ccccc1)[C@H]1C[C@H]2CC[C@H]1C2. The number of aromatic nitrogens is 2. The van der Waals surface area contributed by atoms with Gasteiger partial charge in [-0.3, -0.25) is 9.36 Å². The van der Waals surface area contributed by atoms with E-state index in [9.17, 15) is 9.59 Å². The van der Waals surface area contributed by atoms with Crippen LogP contribution in [0.2, 0.25) is 0 Å². The number of para-hydroxylation sites is 1. The van der Waals surface area contributed by atoms with E-state index in [4.69, 9.17) is 4.74 Å². The van der Waals surface area contributed by atoms with Crippen molar-refractivity contribution >= 4 is 11.9 Å². The van der Waals surface area contributed by atoms with Gasteiger partial charge in [0.25, 0.3) is 5.91 Å². The maximum absolute atomic E-state index is 12.4. The Morgan fingerprint density at radius 2 is 2.07 bits per heavy atom. The average Bonchev–Trinajstić information content (AvgIpc) is 3.43. The van der Waals surface area contributed by atoms with E-state index >= 15 is 0 Å². The highest BCUT2D eigenvalue weighted by Gasteiger charge is 2.42. The summed E-state index contributed by atoms with van der Waals surface area (Å²) in [6, 6.07) is 9.55. The molecule has 6 nitrogen and oxygen atoms in total. The summed E-state index contributed by atoms with van der Waals surface area (Å²) in [6.45, 7) is 1.79. The maximum Gasteiger partial charge on any atom is 0.357 e. The predicted octanol–water partition coefficient (Wildman–Crippen LogP) is 2.97. The monoisotopic (exact) mass is 367 g/mol. The number of rotatable bonds is 6. The second-order valence-corrected chi connectivity index (χ2v) is 7.76. The van der Waals surface area contributed by atoms with E-state index in [1.54, 1.807) is 10.9 Å². The number of ether oxygens (including phenoxy) is 1. The van der Waals surface area contributed by atoms with Crippen molar-refractivity contribution in [3.63, 3.8) is 0 Å². The third-order valence-electron chi connectivity index (χ3n) is 6.04. The first-order valence-corrected chi connectivity index (χ1v) is 9.66. The highest BCUT2D eigenvalue weighted by atomic mass is 16.5. The van der Waals surface area contributed by atoms with Gasteiger partial charge in [-0.25, -0.2) is 9.78 Å². The number of carbonyl (C=O) groups excluding carboxylic acids is 2. The molecule has 1 heterocycles.